The van der Waals surface area contributed by atoms with Crippen molar-refractivity contribution < 1.29 is 4.74 Å². The second-order valence-corrected chi connectivity index (χ2v) is 5.62. The van der Waals surface area contributed by atoms with E-state index in [1.165, 1.54) is 41.3 Å². The molecule has 0 N–H and O–H groups in total. The summed E-state index contributed by atoms with van der Waals surface area (Å²) in [5.41, 5.74) is 2.75. The van der Waals surface area contributed by atoms with E-state index in [0.29, 0.717) is 5.92 Å². The minimum Gasteiger partial charge on any atom is -0.497 e. The highest BCUT2D eigenvalue weighted by atomic mass is 79.9. The number of hydrogen-bond acceptors (Lipinski definition) is 1. The van der Waals surface area contributed by atoms with Gasteiger partial charge < -0.3 is 4.74 Å². The molecule has 2 rings (SSSR count). The molecular weight excluding hydrogens is 276 g/mol. The summed E-state index contributed by atoms with van der Waals surface area (Å²) in [6.45, 7) is 4.22. The maximum atomic E-state index is 5.28. The van der Waals surface area contributed by atoms with Gasteiger partial charge in [0.15, 0.2) is 0 Å². The zero-order chi connectivity index (χ0) is 12.3. The van der Waals surface area contributed by atoms with Gasteiger partial charge in [-0.15, -0.1) is 0 Å². The first-order valence-corrected chi connectivity index (χ1v) is 7.00. The summed E-state index contributed by atoms with van der Waals surface area (Å²) in [4.78, 5) is 0. The Balaban J connectivity index is 2.14. The van der Waals surface area contributed by atoms with E-state index in [-0.39, 0.29) is 0 Å². The molecule has 0 aromatic heterocycles. The molecule has 17 heavy (non-hydrogen) atoms. The maximum absolute atomic E-state index is 5.28. The third-order valence-electron chi connectivity index (χ3n) is 3.60. The number of rotatable bonds is 3. The SMILES string of the molecule is C=C1CCCC[C@@H]1Cc1cc(OC)ccc1Br. The molecule has 1 aromatic rings. The number of hydrogen-bond donors (Lipinski definition) is 0. The number of halogens is 1. The number of ether oxygens (including phenoxy) is 1. The largest absolute Gasteiger partial charge is 0.497 e. The first-order chi connectivity index (χ1) is 8.20. The highest BCUT2D eigenvalue weighted by Crippen LogP contribution is 2.33. The first kappa shape index (κ1) is 12.7. The summed E-state index contributed by atoms with van der Waals surface area (Å²) in [6.07, 6.45) is 6.21. The molecule has 1 atom stereocenters. The van der Waals surface area contributed by atoms with Crippen LogP contribution in [0.4, 0.5) is 0 Å². The van der Waals surface area contributed by atoms with Gasteiger partial charge in [0.05, 0.1) is 7.11 Å². The lowest BCUT2D eigenvalue weighted by Crippen LogP contribution is -2.12. The van der Waals surface area contributed by atoms with Gasteiger partial charge >= 0.3 is 0 Å². The van der Waals surface area contributed by atoms with Crippen LogP contribution in [0.25, 0.3) is 0 Å². The zero-order valence-corrected chi connectivity index (χ0v) is 11.9. The van der Waals surface area contributed by atoms with Crippen molar-refractivity contribution in [1.29, 1.82) is 0 Å². The van der Waals surface area contributed by atoms with Crippen molar-refractivity contribution in [3.63, 3.8) is 0 Å². The molecule has 1 aliphatic carbocycles. The molecule has 0 amide bonds. The Bertz CT molecular complexity index is 411. The van der Waals surface area contributed by atoms with E-state index in [1.54, 1.807) is 7.11 Å². The number of methoxy groups -OCH3 is 1. The average Bonchev–Trinajstić information content (AvgIpc) is 2.35. The van der Waals surface area contributed by atoms with E-state index in [0.717, 1.165) is 12.2 Å². The molecule has 0 heterocycles. The van der Waals surface area contributed by atoms with Crippen LogP contribution in [0.15, 0.2) is 34.8 Å². The summed E-state index contributed by atoms with van der Waals surface area (Å²) in [5.74, 6) is 1.58. The number of allylic oxidation sites excluding steroid dienone is 1. The van der Waals surface area contributed by atoms with Crippen molar-refractivity contribution in [2.45, 2.75) is 32.1 Å². The normalized spacial score (nSPS) is 20.4. The van der Waals surface area contributed by atoms with Crippen LogP contribution in [0, 0.1) is 5.92 Å². The van der Waals surface area contributed by atoms with Crippen LogP contribution >= 0.6 is 15.9 Å². The van der Waals surface area contributed by atoms with Gasteiger partial charge in [-0.2, -0.15) is 0 Å². The highest BCUT2D eigenvalue weighted by Gasteiger charge is 2.18. The molecule has 0 aliphatic heterocycles. The smallest absolute Gasteiger partial charge is 0.119 e. The van der Waals surface area contributed by atoms with Crippen LogP contribution in [-0.2, 0) is 6.42 Å². The number of benzene rings is 1. The lowest BCUT2D eigenvalue weighted by Gasteiger charge is -2.25. The van der Waals surface area contributed by atoms with Crippen LogP contribution in [0.5, 0.6) is 5.75 Å². The van der Waals surface area contributed by atoms with Crippen LogP contribution < -0.4 is 4.74 Å². The van der Waals surface area contributed by atoms with E-state index in [1.807, 2.05) is 6.07 Å². The average molecular weight is 295 g/mol. The fourth-order valence-electron chi connectivity index (χ4n) is 2.50. The Labute approximate surface area is 112 Å². The summed E-state index contributed by atoms with van der Waals surface area (Å²) in [6, 6.07) is 6.19. The van der Waals surface area contributed by atoms with Gasteiger partial charge in [0.2, 0.25) is 0 Å². The van der Waals surface area contributed by atoms with Crippen molar-refractivity contribution in [2.75, 3.05) is 7.11 Å². The van der Waals surface area contributed by atoms with E-state index in [9.17, 15) is 0 Å². The monoisotopic (exact) mass is 294 g/mol. The summed E-state index contributed by atoms with van der Waals surface area (Å²) in [7, 11) is 1.71. The van der Waals surface area contributed by atoms with E-state index >= 15 is 0 Å². The van der Waals surface area contributed by atoms with Crippen molar-refractivity contribution >= 4 is 15.9 Å². The molecule has 1 fully saturated rings. The minimum atomic E-state index is 0.646. The molecule has 1 saturated carbocycles. The predicted octanol–water partition coefficient (Wildman–Crippen LogP) is 4.75. The van der Waals surface area contributed by atoms with E-state index in [2.05, 4.69) is 34.6 Å². The Morgan fingerprint density at radius 2 is 2.24 bits per heavy atom. The standard InChI is InChI=1S/C15H19BrO/c1-11-5-3-4-6-12(11)9-13-10-14(17-2)7-8-15(13)16/h7-8,10,12H,1,3-6,9H2,2H3/t12-/m1/s1. The lowest BCUT2D eigenvalue weighted by atomic mass is 9.81. The first-order valence-electron chi connectivity index (χ1n) is 6.21. The molecule has 0 unspecified atom stereocenters. The topological polar surface area (TPSA) is 9.23 Å². The molecular formula is C15H19BrO. The Morgan fingerprint density at radius 1 is 1.41 bits per heavy atom. The Morgan fingerprint density at radius 3 is 2.94 bits per heavy atom. The van der Waals surface area contributed by atoms with Crippen molar-refractivity contribution in [1.82, 2.24) is 0 Å². The van der Waals surface area contributed by atoms with Crippen LogP contribution in [-0.4, -0.2) is 7.11 Å². The van der Waals surface area contributed by atoms with Crippen molar-refractivity contribution in [2.24, 2.45) is 5.92 Å². The minimum absolute atomic E-state index is 0.646. The Kier molecular flexibility index (Phi) is 4.27. The second-order valence-electron chi connectivity index (χ2n) is 4.76. The van der Waals surface area contributed by atoms with Gasteiger partial charge in [0.1, 0.15) is 5.75 Å². The summed E-state index contributed by atoms with van der Waals surface area (Å²) in [5, 5.41) is 0. The fraction of sp³-hybridized carbons (Fsp3) is 0.467. The predicted molar refractivity (Wildman–Crippen MR) is 75.5 cm³/mol. The molecule has 0 spiro atoms. The van der Waals surface area contributed by atoms with Gasteiger partial charge in [0, 0.05) is 4.47 Å². The van der Waals surface area contributed by atoms with Gasteiger partial charge in [-0.25, -0.2) is 0 Å². The second kappa shape index (κ2) is 5.72. The molecule has 2 heteroatoms. The third kappa shape index (κ3) is 3.12. The summed E-state index contributed by atoms with van der Waals surface area (Å²) >= 11 is 3.62. The van der Waals surface area contributed by atoms with Gasteiger partial charge in [-0.3, -0.25) is 0 Å². The molecule has 1 nitrogen and oxygen atoms in total. The third-order valence-corrected chi connectivity index (χ3v) is 4.37. The maximum Gasteiger partial charge on any atom is 0.119 e. The molecule has 1 aromatic carbocycles. The van der Waals surface area contributed by atoms with Crippen LogP contribution in [0.1, 0.15) is 31.2 Å². The fourth-order valence-corrected chi connectivity index (χ4v) is 2.91. The molecule has 1 aliphatic rings. The van der Waals surface area contributed by atoms with Gasteiger partial charge in [0.25, 0.3) is 0 Å². The van der Waals surface area contributed by atoms with Crippen molar-refractivity contribution in [3.05, 3.63) is 40.4 Å². The Hall–Kier alpha value is -0.760. The highest BCUT2D eigenvalue weighted by molar-refractivity contribution is 9.10. The van der Waals surface area contributed by atoms with Gasteiger partial charge in [-0.05, 0) is 55.4 Å². The quantitative estimate of drug-likeness (QED) is 0.731. The van der Waals surface area contributed by atoms with E-state index < -0.39 is 0 Å². The lowest BCUT2D eigenvalue weighted by molar-refractivity contribution is 0.412. The van der Waals surface area contributed by atoms with Crippen molar-refractivity contribution in [3.8, 4) is 5.75 Å². The van der Waals surface area contributed by atoms with Gasteiger partial charge in [-0.1, -0.05) is 34.5 Å². The van der Waals surface area contributed by atoms with Crippen LogP contribution in [0.3, 0.4) is 0 Å². The van der Waals surface area contributed by atoms with Crippen LogP contribution in [0.2, 0.25) is 0 Å². The molecule has 92 valence electrons. The molecule has 0 bridgehead atoms. The molecule has 0 radical (unpaired) electrons. The zero-order valence-electron chi connectivity index (χ0n) is 10.3. The van der Waals surface area contributed by atoms with E-state index in [4.69, 9.17) is 4.74 Å². The molecule has 0 saturated heterocycles. The summed E-state index contributed by atoms with van der Waals surface area (Å²) < 4.78 is 6.46.